The Kier molecular flexibility index (Phi) is 4.37. The molecule has 0 saturated heterocycles. The highest BCUT2D eigenvalue weighted by Crippen LogP contribution is 2.25. The molecule has 0 aliphatic heterocycles. The Hall–Kier alpha value is -1.81. The molecule has 1 unspecified atom stereocenters. The van der Waals surface area contributed by atoms with E-state index < -0.39 is 5.54 Å². The molecule has 0 fully saturated rings. The molecule has 1 aromatic heterocycles. The van der Waals surface area contributed by atoms with Crippen LogP contribution in [0.3, 0.4) is 0 Å². The highest BCUT2D eigenvalue weighted by atomic mass is 16.3. The largest absolute Gasteiger partial charge is 0.451 e. The van der Waals surface area contributed by atoms with Gasteiger partial charge >= 0.3 is 0 Å². The van der Waals surface area contributed by atoms with Crippen molar-refractivity contribution in [3.8, 4) is 0 Å². The Morgan fingerprint density at radius 3 is 2.62 bits per heavy atom. The molecule has 4 heteroatoms. The average molecular weight is 288 g/mol. The van der Waals surface area contributed by atoms with Crippen molar-refractivity contribution in [2.75, 3.05) is 6.54 Å². The second kappa shape index (κ2) is 5.90. The number of nitrogens with two attached hydrogens (primary N) is 1. The molecule has 0 saturated carbocycles. The molecule has 0 bridgehead atoms. The predicted molar refractivity (Wildman–Crippen MR) is 85.3 cm³/mol. The number of furan rings is 1. The van der Waals surface area contributed by atoms with Crippen LogP contribution in [0.2, 0.25) is 0 Å². The van der Waals surface area contributed by atoms with Crippen LogP contribution in [0.5, 0.6) is 0 Å². The summed E-state index contributed by atoms with van der Waals surface area (Å²) in [6.07, 6.45) is 0.828. The number of rotatable bonds is 5. The summed E-state index contributed by atoms with van der Waals surface area (Å²) in [4.78, 5) is 12.5. The number of para-hydroxylation sites is 1. The molecular weight excluding hydrogens is 264 g/mol. The maximum Gasteiger partial charge on any atom is 0.287 e. The highest BCUT2D eigenvalue weighted by molar-refractivity contribution is 5.99. The molecule has 3 N–H and O–H groups in total. The first-order valence-electron chi connectivity index (χ1n) is 7.37. The summed E-state index contributed by atoms with van der Waals surface area (Å²) < 4.78 is 5.70. The highest BCUT2D eigenvalue weighted by Gasteiger charge is 2.28. The average Bonchev–Trinajstić information content (AvgIpc) is 2.76. The van der Waals surface area contributed by atoms with Gasteiger partial charge in [0.1, 0.15) is 5.58 Å². The van der Waals surface area contributed by atoms with Gasteiger partial charge in [-0.15, -0.1) is 0 Å². The first kappa shape index (κ1) is 15.6. The van der Waals surface area contributed by atoms with Gasteiger partial charge in [0.05, 0.1) is 5.54 Å². The van der Waals surface area contributed by atoms with Crippen LogP contribution in [0.25, 0.3) is 11.0 Å². The van der Waals surface area contributed by atoms with E-state index in [4.69, 9.17) is 10.2 Å². The SMILES string of the molecule is Cc1c(C(=O)NC(C)(CN)CC(C)C)oc2ccccc12. The molecule has 0 radical (unpaired) electrons. The summed E-state index contributed by atoms with van der Waals surface area (Å²) in [6.45, 7) is 8.51. The van der Waals surface area contributed by atoms with E-state index >= 15 is 0 Å². The van der Waals surface area contributed by atoms with Crippen molar-refractivity contribution in [2.24, 2.45) is 11.7 Å². The van der Waals surface area contributed by atoms with Crippen molar-refractivity contribution in [2.45, 2.75) is 39.7 Å². The second-order valence-corrected chi connectivity index (χ2v) is 6.37. The molecule has 1 amide bonds. The third kappa shape index (κ3) is 3.27. The lowest BCUT2D eigenvalue weighted by atomic mass is 9.90. The molecule has 21 heavy (non-hydrogen) atoms. The molecule has 114 valence electrons. The molecule has 0 aliphatic rings. The zero-order chi connectivity index (χ0) is 15.6. The number of carbonyl (C=O) groups excluding carboxylic acids is 1. The first-order chi connectivity index (χ1) is 9.86. The van der Waals surface area contributed by atoms with E-state index in [0.29, 0.717) is 18.2 Å². The Balaban J connectivity index is 2.28. The maximum atomic E-state index is 12.5. The summed E-state index contributed by atoms with van der Waals surface area (Å²) in [6, 6.07) is 7.67. The molecular formula is C17H24N2O2. The van der Waals surface area contributed by atoms with Crippen molar-refractivity contribution in [1.29, 1.82) is 0 Å². The third-order valence-corrected chi connectivity index (χ3v) is 3.77. The summed E-state index contributed by atoms with van der Waals surface area (Å²) in [5, 5.41) is 4.01. The lowest BCUT2D eigenvalue weighted by Gasteiger charge is -2.30. The molecule has 1 atom stereocenters. The fraction of sp³-hybridized carbons (Fsp3) is 0.471. The van der Waals surface area contributed by atoms with Crippen LogP contribution in [0, 0.1) is 12.8 Å². The maximum absolute atomic E-state index is 12.5. The first-order valence-corrected chi connectivity index (χ1v) is 7.37. The Morgan fingerprint density at radius 2 is 2.05 bits per heavy atom. The number of hydrogen-bond acceptors (Lipinski definition) is 3. The van der Waals surface area contributed by atoms with Gasteiger partial charge in [0.2, 0.25) is 0 Å². The van der Waals surface area contributed by atoms with Crippen molar-refractivity contribution < 1.29 is 9.21 Å². The van der Waals surface area contributed by atoms with E-state index in [2.05, 4.69) is 19.2 Å². The van der Waals surface area contributed by atoms with Gasteiger partial charge in [-0.25, -0.2) is 0 Å². The number of nitrogens with one attached hydrogen (secondary N) is 1. The van der Waals surface area contributed by atoms with Gasteiger partial charge < -0.3 is 15.5 Å². The van der Waals surface area contributed by atoms with Crippen LogP contribution in [0.4, 0.5) is 0 Å². The van der Waals surface area contributed by atoms with Crippen LogP contribution in [-0.2, 0) is 0 Å². The summed E-state index contributed by atoms with van der Waals surface area (Å²) in [5.41, 5.74) is 7.03. The normalized spacial score (nSPS) is 14.4. The Morgan fingerprint density at radius 1 is 1.38 bits per heavy atom. The minimum absolute atomic E-state index is 0.197. The Labute approximate surface area is 125 Å². The topological polar surface area (TPSA) is 68.3 Å². The van der Waals surface area contributed by atoms with E-state index in [0.717, 1.165) is 23.0 Å². The van der Waals surface area contributed by atoms with Gasteiger partial charge in [-0.05, 0) is 32.3 Å². The van der Waals surface area contributed by atoms with Gasteiger partial charge in [0.25, 0.3) is 5.91 Å². The summed E-state index contributed by atoms with van der Waals surface area (Å²) >= 11 is 0. The summed E-state index contributed by atoms with van der Waals surface area (Å²) in [5.74, 6) is 0.632. The minimum atomic E-state index is -0.420. The van der Waals surface area contributed by atoms with E-state index in [-0.39, 0.29) is 5.91 Å². The minimum Gasteiger partial charge on any atom is -0.451 e. The lowest BCUT2D eigenvalue weighted by Crippen LogP contribution is -2.52. The predicted octanol–water partition coefficient (Wildman–Crippen LogP) is 3.23. The molecule has 1 aromatic carbocycles. The number of amides is 1. The van der Waals surface area contributed by atoms with Crippen LogP contribution >= 0.6 is 0 Å². The quantitative estimate of drug-likeness (QED) is 0.887. The molecule has 2 aromatic rings. The van der Waals surface area contributed by atoms with Crippen LogP contribution in [-0.4, -0.2) is 18.0 Å². The Bertz CT molecular complexity index is 645. The van der Waals surface area contributed by atoms with Crippen LogP contribution < -0.4 is 11.1 Å². The van der Waals surface area contributed by atoms with Crippen molar-refractivity contribution >= 4 is 16.9 Å². The number of aryl methyl sites for hydroxylation is 1. The van der Waals surface area contributed by atoms with Gasteiger partial charge in [0, 0.05) is 17.5 Å². The molecule has 1 heterocycles. The smallest absolute Gasteiger partial charge is 0.287 e. The van der Waals surface area contributed by atoms with Crippen molar-refractivity contribution in [3.05, 3.63) is 35.6 Å². The molecule has 4 nitrogen and oxygen atoms in total. The van der Waals surface area contributed by atoms with E-state index in [1.165, 1.54) is 0 Å². The monoisotopic (exact) mass is 288 g/mol. The van der Waals surface area contributed by atoms with Crippen LogP contribution in [0.15, 0.2) is 28.7 Å². The number of benzene rings is 1. The molecule has 0 aliphatic carbocycles. The third-order valence-electron chi connectivity index (χ3n) is 3.77. The van der Waals surface area contributed by atoms with Crippen molar-refractivity contribution in [3.63, 3.8) is 0 Å². The fourth-order valence-electron chi connectivity index (χ4n) is 2.81. The van der Waals surface area contributed by atoms with E-state index in [9.17, 15) is 4.79 Å². The second-order valence-electron chi connectivity index (χ2n) is 6.37. The van der Waals surface area contributed by atoms with Crippen molar-refractivity contribution in [1.82, 2.24) is 5.32 Å². The van der Waals surface area contributed by atoms with E-state index in [1.807, 2.05) is 38.1 Å². The van der Waals surface area contributed by atoms with Gasteiger partial charge in [-0.1, -0.05) is 32.0 Å². The van der Waals surface area contributed by atoms with Gasteiger partial charge in [-0.3, -0.25) is 4.79 Å². The van der Waals surface area contributed by atoms with Crippen LogP contribution in [0.1, 0.15) is 43.3 Å². The number of carbonyl (C=O) groups is 1. The van der Waals surface area contributed by atoms with Gasteiger partial charge in [0.15, 0.2) is 5.76 Å². The standard InChI is InChI=1S/C17H24N2O2/c1-11(2)9-17(4,10-18)19-16(20)15-12(3)13-7-5-6-8-14(13)21-15/h5-8,11H,9-10,18H2,1-4H3,(H,19,20). The zero-order valence-electron chi connectivity index (χ0n) is 13.2. The number of hydrogen-bond donors (Lipinski definition) is 2. The lowest BCUT2D eigenvalue weighted by molar-refractivity contribution is 0.0871. The van der Waals surface area contributed by atoms with Gasteiger partial charge in [-0.2, -0.15) is 0 Å². The number of fused-ring (bicyclic) bond motifs is 1. The molecule has 2 rings (SSSR count). The zero-order valence-corrected chi connectivity index (χ0v) is 13.2. The van der Waals surface area contributed by atoms with E-state index in [1.54, 1.807) is 0 Å². The molecule has 0 spiro atoms. The summed E-state index contributed by atoms with van der Waals surface area (Å²) in [7, 11) is 0. The fourth-order valence-corrected chi connectivity index (χ4v) is 2.81.